The van der Waals surface area contributed by atoms with Crippen molar-refractivity contribution in [3.63, 3.8) is 0 Å². The smallest absolute Gasteiger partial charge is 0.243 e. The standard InChI is InChI=1S/C13H13Cl2N3O/c14-9-3-1-4-10(15)8(9)7-12-17-13(19-18-12)11-5-2-6-16-11/h1,3-4,11,16H,2,5-7H2/t11-/m1/s1. The van der Waals surface area contributed by atoms with E-state index in [0.717, 1.165) is 24.9 Å². The number of benzene rings is 1. The van der Waals surface area contributed by atoms with Crippen LogP contribution in [0.4, 0.5) is 0 Å². The van der Waals surface area contributed by atoms with Gasteiger partial charge in [-0.2, -0.15) is 4.98 Å². The van der Waals surface area contributed by atoms with Crippen LogP contribution in [0.15, 0.2) is 22.7 Å². The summed E-state index contributed by atoms with van der Waals surface area (Å²) in [7, 11) is 0. The zero-order chi connectivity index (χ0) is 13.2. The lowest BCUT2D eigenvalue weighted by Gasteiger charge is -2.03. The highest BCUT2D eigenvalue weighted by molar-refractivity contribution is 6.36. The number of nitrogens with zero attached hydrogens (tertiary/aromatic N) is 2. The third-order valence-electron chi connectivity index (χ3n) is 3.24. The normalized spacial score (nSPS) is 18.9. The van der Waals surface area contributed by atoms with E-state index in [1.165, 1.54) is 0 Å². The molecule has 2 aromatic rings. The van der Waals surface area contributed by atoms with Gasteiger partial charge in [0.25, 0.3) is 0 Å². The van der Waals surface area contributed by atoms with Gasteiger partial charge in [-0.25, -0.2) is 0 Å². The third kappa shape index (κ3) is 2.76. The van der Waals surface area contributed by atoms with Gasteiger partial charge in [0.2, 0.25) is 5.89 Å². The summed E-state index contributed by atoms with van der Waals surface area (Å²) in [5, 5.41) is 8.57. The molecular formula is C13H13Cl2N3O. The average Bonchev–Trinajstić information content (AvgIpc) is 3.04. The largest absolute Gasteiger partial charge is 0.338 e. The van der Waals surface area contributed by atoms with Crippen molar-refractivity contribution in [3.05, 3.63) is 45.5 Å². The monoisotopic (exact) mass is 297 g/mol. The molecule has 1 saturated heterocycles. The average molecular weight is 298 g/mol. The maximum Gasteiger partial charge on any atom is 0.243 e. The summed E-state index contributed by atoms with van der Waals surface area (Å²) in [6.45, 7) is 0.999. The van der Waals surface area contributed by atoms with Crippen molar-refractivity contribution in [2.24, 2.45) is 0 Å². The zero-order valence-electron chi connectivity index (χ0n) is 10.2. The molecule has 19 heavy (non-hydrogen) atoms. The van der Waals surface area contributed by atoms with Crippen molar-refractivity contribution in [2.75, 3.05) is 6.54 Å². The van der Waals surface area contributed by atoms with E-state index >= 15 is 0 Å². The fourth-order valence-electron chi connectivity index (χ4n) is 2.24. The molecule has 6 heteroatoms. The van der Waals surface area contributed by atoms with Crippen molar-refractivity contribution in [1.29, 1.82) is 0 Å². The van der Waals surface area contributed by atoms with E-state index in [4.69, 9.17) is 27.7 Å². The Labute approximate surface area is 121 Å². The Morgan fingerprint density at radius 3 is 2.79 bits per heavy atom. The fraction of sp³-hybridized carbons (Fsp3) is 0.385. The first-order chi connectivity index (χ1) is 9.24. The Kier molecular flexibility index (Phi) is 3.73. The van der Waals surface area contributed by atoms with E-state index in [0.29, 0.717) is 28.2 Å². The zero-order valence-corrected chi connectivity index (χ0v) is 11.7. The Morgan fingerprint density at radius 2 is 2.11 bits per heavy atom. The molecule has 0 unspecified atom stereocenters. The van der Waals surface area contributed by atoms with Gasteiger partial charge in [0.05, 0.1) is 6.04 Å². The summed E-state index contributed by atoms with van der Waals surface area (Å²) >= 11 is 12.3. The first kappa shape index (κ1) is 12.9. The minimum atomic E-state index is 0.183. The second-order valence-electron chi connectivity index (χ2n) is 4.57. The highest BCUT2D eigenvalue weighted by atomic mass is 35.5. The Balaban J connectivity index is 1.80. The van der Waals surface area contributed by atoms with Crippen LogP contribution in [0.25, 0.3) is 0 Å². The van der Waals surface area contributed by atoms with Crippen molar-refractivity contribution in [2.45, 2.75) is 25.3 Å². The molecule has 1 aromatic heterocycles. The van der Waals surface area contributed by atoms with Crippen LogP contribution in [-0.2, 0) is 6.42 Å². The Morgan fingerprint density at radius 1 is 1.32 bits per heavy atom. The predicted octanol–water partition coefficient (Wildman–Crippen LogP) is 3.39. The van der Waals surface area contributed by atoms with E-state index in [2.05, 4.69) is 15.5 Å². The summed E-state index contributed by atoms with van der Waals surface area (Å²) in [6, 6.07) is 5.62. The van der Waals surface area contributed by atoms with Crippen LogP contribution < -0.4 is 5.32 Å². The van der Waals surface area contributed by atoms with Crippen LogP contribution in [0.2, 0.25) is 10.0 Å². The van der Waals surface area contributed by atoms with E-state index in [1.54, 1.807) is 0 Å². The van der Waals surface area contributed by atoms with Gasteiger partial charge in [-0.15, -0.1) is 0 Å². The van der Waals surface area contributed by atoms with Crippen LogP contribution in [0.1, 0.15) is 36.2 Å². The maximum absolute atomic E-state index is 6.13. The van der Waals surface area contributed by atoms with Gasteiger partial charge in [0.1, 0.15) is 0 Å². The van der Waals surface area contributed by atoms with Gasteiger partial charge >= 0.3 is 0 Å². The predicted molar refractivity (Wildman–Crippen MR) is 73.5 cm³/mol. The van der Waals surface area contributed by atoms with E-state index in [9.17, 15) is 0 Å². The summed E-state index contributed by atoms with van der Waals surface area (Å²) in [5.74, 6) is 1.26. The number of halogens is 2. The Bertz CT molecular complexity index is 559. The van der Waals surface area contributed by atoms with Crippen molar-refractivity contribution >= 4 is 23.2 Å². The van der Waals surface area contributed by atoms with Crippen molar-refractivity contribution in [3.8, 4) is 0 Å². The molecule has 2 heterocycles. The van der Waals surface area contributed by atoms with Gasteiger partial charge < -0.3 is 9.84 Å². The second-order valence-corrected chi connectivity index (χ2v) is 5.39. The molecule has 4 nitrogen and oxygen atoms in total. The molecular weight excluding hydrogens is 285 g/mol. The lowest BCUT2D eigenvalue weighted by molar-refractivity contribution is 0.341. The fourth-order valence-corrected chi connectivity index (χ4v) is 2.77. The van der Waals surface area contributed by atoms with Gasteiger partial charge in [-0.1, -0.05) is 34.4 Å². The molecule has 1 atom stereocenters. The van der Waals surface area contributed by atoms with Gasteiger partial charge in [0.15, 0.2) is 5.82 Å². The molecule has 1 N–H and O–H groups in total. The van der Waals surface area contributed by atoms with Crippen molar-refractivity contribution < 1.29 is 4.52 Å². The molecule has 1 aliphatic heterocycles. The van der Waals surface area contributed by atoms with Crippen LogP contribution in [0.3, 0.4) is 0 Å². The summed E-state index contributed by atoms with van der Waals surface area (Å²) < 4.78 is 5.29. The third-order valence-corrected chi connectivity index (χ3v) is 3.95. The Hall–Kier alpha value is -1.10. The van der Waals surface area contributed by atoms with Gasteiger partial charge in [0, 0.05) is 16.5 Å². The molecule has 0 bridgehead atoms. The number of rotatable bonds is 3. The van der Waals surface area contributed by atoms with E-state index < -0.39 is 0 Å². The first-order valence-electron chi connectivity index (χ1n) is 6.23. The maximum atomic E-state index is 6.13. The number of aromatic nitrogens is 2. The quantitative estimate of drug-likeness (QED) is 0.943. The molecule has 100 valence electrons. The minimum Gasteiger partial charge on any atom is -0.338 e. The van der Waals surface area contributed by atoms with Crippen LogP contribution in [0, 0.1) is 0 Å². The van der Waals surface area contributed by atoms with E-state index in [-0.39, 0.29) is 6.04 Å². The second kappa shape index (κ2) is 5.49. The lowest BCUT2D eigenvalue weighted by Crippen LogP contribution is -2.13. The minimum absolute atomic E-state index is 0.183. The van der Waals surface area contributed by atoms with Crippen LogP contribution in [0.5, 0.6) is 0 Å². The molecule has 0 amide bonds. The number of hydrogen-bond acceptors (Lipinski definition) is 4. The van der Waals surface area contributed by atoms with Gasteiger partial charge in [-0.3, -0.25) is 0 Å². The topological polar surface area (TPSA) is 51.0 Å². The molecule has 1 fully saturated rings. The van der Waals surface area contributed by atoms with E-state index in [1.807, 2.05) is 18.2 Å². The van der Waals surface area contributed by atoms with Crippen LogP contribution in [-0.4, -0.2) is 16.7 Å². The molecule has 0 spiro atoms. The first-order valence-corrected chi connectivity index (χ1v) is 6.98. The molecule has 3 rings (SSSR count). The summed E-state index contributed by atoms with van der Waals surface area (Å²) in [6.07, 6.45) is 2.65. The lowest BCUT2D eigenvalue weighted by atomic mass is 10.1. The molecule has 1 aromatic carbocycles. The molecule has 1 aliphatic rings. The van der Waals surface area contributed by atoms with Crippen molar-refractivity contribution in [1.82, 2.24) is 15.5 Å². The SMILES string of the molecule is Clc1cccc(Cl)c1Cc1noc([C@H]2CCCN2)n1. The van der Waals surface area contributed by atoms with Gasteiger partial charge in [-0.05, 0) is 37.1 Å². The molecule has 0 aliphatic carbocycles. The molecule has 0 radical (unpaired) electrons. The highest BCUT2D eigenvalue weighted by Gasteiger charge is 2.22. The summed E-state index contributed by atoms with van der Waals surface area (Å²) in [5.41, 5.74) is 0.831. The summed E-state index contributed by atoms with van der Waals surface area (Å²) in [4.78, 5) is 4.41. The highest BCUT2D eigenvalue weighted by Crippen LogP contribution is 2.27. The molecule has 0 saturated carbocycles. The van der Waals surface area contributed by atoms with Crippen LogP contribution >= 0.6 is 23.2 Å². The number of hydrogen-bond donors (Lipinski definition) is 1. The number of nitrogens with one attached hydrogen (secondary N) is 1.